The average molecular weight is 279 g/mol. The number of aromatic nitrogens is 1. The van der Waals surface area contributed by atoms with Crippen LogP contribution in [0.4, 0.5) is 11.5 Å². The minimum Gasteiger partial charge on any atom is -0.462 e. The molecular weight excluding hydrogens is 258 g/mol. The van der Waals surface area contributed by atoms with E-state index in [1.54, 1.807) is 13.0 Å². The molecular formula is C14H21N3O3. The fourth-order valence-electron chi connectivity index (χ4n) is 2.17. The third-order valence-corrected chi connectivity index (χ3v) is 3.18. The first-order chi connectivity index (χ1) is 9.70. The van der Waals surface area contributed by atoms with Gasteiger partial charge in [0.15, 0.2) is 0 Å². The molecule has 2 heterocycles. The summed E-state index contributed by atoms with van der Waals surface area (Å²) in [6.45, 7) is 3.51. The van der Waals surface area contributed by atoms with Gasteiger partial charge < -0.3 is 20.5 Å². The van der Waals surface area contributed by atoms with Crippen molar-refractivity contribution in [2.75, 3.05) is 30.8 Å². The predicted molar refractivity (Wildman–Crippen MR) is 76.7 cm³/mol. The number of hydrogen-bond acceptors (Lipinski definition) is 6. The number of carbonyl (C=O) groups is 1. The van der Waals surface area contributed by atoms with E-state index in [1.165, 1.54) is 12.6 Å². The van der Waals surface area contributed by atoms with Crippen LogP contribution in [0.2, 0.25) is 0 Å². The molecule has 1 atom stereocenters. The molecule has 1 aromatic rings. The number of pyridine rings is 1. The number of anilines is 2. The Morgan fingerprint density at radius 1 is 1.60 bits per heavy atom. The van der Waals surface area contributed by atoms with Crippen molar-refractivity contribution in [3.8, 4) is 0 Å². The standard InChI is InChI=1S/C14H21N3O3/c1-2-19-14(18)12-7-10(15)8-16-13(12)17-9-11-5-3-4-6-20-11/h7-8,11H,2-6,9,15H2,1H3,(H,16,17). The highest BCUT2D eigenvalue weighted by Gasteiger charge is 2.17. The summed E-state index contributed by atoms with van der Waals surface area (Å²) in [5.74, 6) is 0.0752. The zero-order valence-electron chi connectivity index (χ0n) is 11.7. The maximum absolute atomic E-state index is 11.9. The van der Waals surface area contributed by atoms with Crippen LogP contribution in [0.15, 0.2) is 12.3 Å². The summed E-state index contributed by atoms with van der Waals surface area (Å²) < 4.78 is 10.6. The minimum absolute atomic E-state index is 0.165. The predicted octanol–water partition coefficient (Wildman–Crippen LogP) is 1.82. The van der Waals surface area contributed by atoms with E-state index < -0.39 is 5.97 Å². The number of nitrogen functional groups attached to an aromatic ring is 1. The van der Waals surface area contributed by atoms with Crippen molar-refractivity contribution < 1.29 is 14.3 Å². The fraction of sp³-hybridized carbons (Fsp3) is 0.571. The molecule has 1 aromatic heterocycles. The van der Waals surface area contributed by atoms with Crippen LogP contribution >= 0.6 is 0 Å². The third-order valence-electron chi connectivity index (χ3n) is 3.18. The van der Waals surface area contributed by atoms with Gasteiger partial charge in [-0.2, -0.15) is 0 Å². The Morgan fingerprint density at radius 2 is 2.45 bits per heavy atom. The maximum atomic E-state index is 11.9. The number of rotatable bonds is 5. The lowest BCUT2D eigenvalue weighted by Gasteiger charge is -2.23. The monoisotopic (exact) mass is 279 g/mol. The first-order valence-corrected chi connectivity index (χ1v) is 6.98. The van der Waals surface area contributed by atoms with Gasteiger partial charge in [-0.15, -0.1) is 0 Å². The van der Waals surface area contributed by atoms with Crippen LogP contribution in [0.25, 0.3) is 0 Å². The fourth-order valence-corrected chi connectivity index (χ4v) is 2.17. The molecule has 6 heteroatoms. The lowest BCUT2D eigenvalue weighted by molar-refractivity contribution is 0.0246. The van der Waals surface area contributed by atoms with Gasteiger partial charge in [0.25, 0.3) is 0 Å². The van der Waals surface area contributed by atoms with Gasteiger partial charge in [-0.1, -0.05) is 0 Å². The maximum Gasteiger partial charge on any atom is 0.341 e. The summed E-state index contributed by atoms with van der Waals surface area (Å²) in [5.41, 5.74) is 6.48. The van der Waals surface area contributed by atoms with Gasteiger partial charge in [0, 0.05) is 13.2 Å². The highest BCUT2D eigenvalue weighted by atomic mass is 16.5. The van der Waals surface area contributed by atoms with E-state index in [9.17, 15) is 4.79 Å². The second kappa shape index (κ2) is 7.09. The summed E-state index contributed by atoms with van der Waals surface area (Å²) in [4.78, 5) is 16.1. The van der Waals surface area contributed by atoms with Crippen molar-refractivity contribution in [1.29, 1.82) is 0 Å². The average Bonchev–Trinajstić information content (AvgIpc) is 2.47. The Kier molecular flexibility index (Phi) is 5.17. The molecule has 0 spiro atoms. The number of esters is 1. The van der Waals surface area contributed by atoms with Gasteiger partial charge >= 0.3 is 5.97 Å². The van der Waals surface area contributed by atoms with Crippen LogP contribution in [0, 0.1) is 0 Å². The number of nitrogens with zero attached hydrogens (tertiary/aromatic N) is 1. The van der Waals surface area contributed by atoms with E-state index in [4.69, 9.17) is 15.2 Å². The molecule has 3 N–H and O–H groups in total. The zero-order chi connectivity index (χ0) is 14.4. The molecule has 1 fully saturated rings. The Balaban J connectivity index is 2.03. The molecule has 2 rings (SSSR count). The molecule has 1 saturated heterocycles. The van der Waals surface area contributed by atoms with Crippen LogP contribution in [0.3, 0.4) is 0 Å². The highest BCUT2D eigenvalue weighted by molar-refractivity contribution is 5.95. The Morgan fingerprint density at radius 3 is 3.15 bits per heavy atom. The van der Waals surface area contributed by atoms with Crippen LogP contribution in [-0.4, -0.2) is 36.8 Å². The minimum atomic E-state index is -0.417. The first-order valence-electron chi connectivity index (χ1n) is 6.98. The van der Waals surface area contributed by atoms with Gasteiger partial charge in [-0.05, 0) is 32.3 Å². The topological polar surface area (TPSA) is 86.5 Å². The third kappa shape index (κ3) is 3.84. The molecule has 0 aliphatic carbocycles. The van der Waals surface area contributed by atoms with E-state index in [-0.39, 0.29) is 6.10 Å². The molecule has 0 aromatic carbocycles. The first kappa shape index (κ1) is 14.6. The number of carbonyl (C=O) groups excluding carboxylic acids is 1. The molecule has 1 aliphatic rings. The second-order valence-corrected chi connectivity index (χ2v) is 4.75. The molecule has 0 saturated carbocycles. The summed E-state index contributed by atoms with van der Waals surface area (Å²) in [5, 5.41) is 3.16. The summed E-state index contributed by atoms with van der Waals surface area (Å²) >= 11 is 0. The highest BCUT2D eigenvalue weighted by Crippen LogP contribution is 2.18. The lowest BCUT2D eigenvalue weighted by Crippen LogP contribution is -2.28. The Hall–Kier alpha value is -1.82. The van der Waals surface area contributed by atoms with Gasteiger partial charge in [-0.3, -0.25) is 0 Å². The lowest BCUT2D eigenvalue weighted by atomic mass is 10.1. The second-order valence-electron chi connectivity index (χ2n) is 4.75. The van der Waals surface area contributed by atoms with Crippen molar-refractivity contribution in [2.45, 2.75) is 32.3 Å². The Bertz CT molecular complexity index is 459. The zero-order valence-corrected chi connectivity index (χ0v) is 11.7. The van der Waals surface area contributed by atoms with Crippen molar-refractivity contribution >= 4 is 17.5 Å². The summed E-state index contributed by atoms with van der Waals surface area (Å²) in [6.07, 6.45) is 5.00. The Labute approximate surface area is 118 Å². The molecule has 0 amide bonds. The number of nitrogens with one attached hydrogen (secondary N) is 1. The van der Waals surface area contributed by atoms with Crippen molar-refractivity contribution in [3.05, 3.63) is 17.8 Å². The molecule has 6 nitrogen and oxygen atoms in total. The molecule has 1 aliphatic heterocycles. The quantitative estimate of drug-likeness (QED) is 0.800. The van der Waals surface area contributed by atoms with Crippen molar-refractivity contribution in [1.82, 2.24) is 4.98 Å². The molecule has 20 heavy (non-hydrogen) atoms. The van der Waals surface area contributed by atoms with E-state index >= 15 is 0 Å². The van der Waals surface area contributed by atoms with E-state index in [0.29, 0.717) is 30.2 Å². The molecule has 110 valence electrons. The SMILES string of the molecule is CCOC(=O)c1cc(N)cnc1NCC1CCCCO1. The normalized spacial score (nSPS) is 18.6. The van der Waals surface area contributed by atoms with Crippen LogP contribution in [0.5, 0.6) is 0 Å². The largest absolute Gasteiger partial charge is 0.462 e. The van der Waals surface area contributed by atoms with E-state index in [1.807, 2.05) is 0 Å². The summed E-state index contributed by atoms with van der Waals surface area (Å²) in [6, 6.07) is 1.58. The summed E-state index contributed by atoms with van der Waals surface area (Å²) in [7, 11) is 0. The molecule has 0 radical (unpaired) electrons. The van der Waals surface area contributed by atoms with Crippen LogP contribution in [-0.2, 0) is 9.47 Å². The van der Waals surface area contributed by atoms with Gasteiger partial charge in [0.1, 0.15) is 11.4 Å². The van der Waals surface area contributed by atoms with E-state index in [0.717, 1.165) is 19.4 Å². The van der Waals surface area contributed by atoms with Gasteiger partial charge in [-0.25, -0.2) is 9.78 Å². The smallest absolute Gasteiger partial charge is 0.341 e. The number of ether oxygens (including phenoxy) is 2. The van der Waals surface area contributed by atoms with E-state index in [2.05, 4.69) is 10.3 Å². The van der Waals surface area contributed by atoms with Gasteiger partial charge in [0.05, 0.1) is 24.6 Å². The van der Waals surface area contributed by atoms with Crippen molar-refractivity contribution in [3.63, 3.8) is 0 Å². The van der Waals surface area contributed by atoms with Gasteiger partial charge in [0.2, 0.25) is 0 Å². The molecule has 1 unspecified atom stereocenters. The number of nitrogens with two attached hydrogens (primary N) is 1. The molecule has 0 bridgehead atoms. The van der Waals surface area contributed by atoms with Crippen LogP contribution < -0.4 is 11.1 Å². The van der Waals surface area contributed by atoms with Crippen LogP contribution in [0.1, 0.15) is 36.5 Å². The number of hydrogen-bond donors (Lipinski definition) is 2. The van der Waals surface area contributed by atoms with Crippen molar-refractivity contribution in [2.24, 2.45) is 0 Å².